The van der Waals surface area contributed by atoms with Crippen molar-refractivity contribution in [3.8, 4) is 0 Å². The van der Waals surface area contributed by atoms with E-state index in [4.69, 9.17) is 28.4 Å². The van der Waals surface area contributed by atoms with Crippen LogP contribution in [0.5, 0.6) is 0 Å². The van der Waals surface area contributed by atoms with Crippen molar-refractivity contribution in [1.82, 2.24) is 0 Å². The van der Waals surface area contributed by atoms with Crippen molar-refractivity contribution in [2.24, 2.45) is 11.8 Å². The fraction of sp³-hybridized carbons (Fsp3) is 0.962. The first kappa shape index (κ1) is 31.9. The van der Waals surface area contributed by atoms with Crippen LogP contribution in [0, 0.1) is 11.8 Å². The van der Waals surface area contributed by atoms with Crippen molar-refractivity contribution in [2.75, 3.05) is 19.8 Å². The van der Waals surface area contributed by atoms with Crippen molar-refractivity contribution in [2.45, 2.75) is 126 Å². The first-order valence-electron chi connectivity index (χ1n) is 14.1. The maximum Gasteiger partial charge on any atom is 0.333 e. The van der Waals surface area contributed by atoms with Crippen molar-refractivity contribution in [1.29, 1.82) is 0 Å². The van der Waals surface area contributed by atoms with Gasteiger partial charge in [0.15, 0.2) is 18.7 Å². The van der Waals surface area contributed by atoms with E-state index in [2.05, 4.69) is 0 Å². The number of carboxylic acids is 1. The topological polar surface area (TPSA) is 214 Å². The predicted octanol–water partition coefficient (Wildman–Crippen LogP) is -1.89. The van der Waals surface area contributed by atoms with Crippen LogP contribution in [-0.4, -0.2) is 141 Å². The Morgan fingerprint density at radius 1 is 0.800 bits per heavy atom. The van der Waals surface area contributed by atoms with E-state index in [0.29, 0.717) is 19.3 Å². The van der Waals surface area contributed by atoms with E-state index < -0.39 is 105 Å². The molecular formula is C26H44O14. The molecule has 4 aliphatic rings. The molecule has 0 radical (unpaired) electrons. The second-order valence-corrected chi connectivity index (χ2v) is 11.4. The lowest BCUT2D eigenvalue weighted by molar-refractivity contribution is -0.352. The number of ether oxygens (including phenoxy) is 6. The number of aliphatic hydroxyl groups excluding tert-OH is 6. The molecule has 3 aliphatic heterocycles. The molecule has 4 rings (SSSR count). The quantitative estimate of drug-likeness (QED) is 0.175. The van der Waals surface area contributed by atoms with Crippen molar-refractivity contribution in [3.05, 3.63) is 0 Å². The Morgan fingerprint density at radius 2 is 1.55 bits per heavy atom. The van der Waals surface area contributed by atoms with Crippen LogP contribution in [-0.2, 0) is 33.2 Å². The van der Waals surface area contributed by atoms with Crippen molar-refractivity contribution in [3.63, 3.8) is 0 Å². The Balaban J connectivity index is 1.56. The highest BCUT2D eigenvalue weighted by Gasteiger charge is 2.52. The van der Waals surface area contributed by atoms with E-state index in [1.165, 1.54) is 0 Å². The minimum atomic E-state index is -1.50. The smallest absolute Gasteiger partial charge is 0.333 e. The normalized spacial score (nSPS) is 48.9. The van der Waals surface area contributed by atoms with E-state index in [9.17, 15) is 40.5 Å². The molecule has 1 aliphatic carbocycles. The molecule has 0 aromatic heterocycles. The maximum atomic E-state index is 12.0. The van der Waals surface area contributed by atoms with Crippen LogP contribution in [0.1, 0.15) is 46.0 Å². The van der Waals surface area contributed by atoms with Gasteiger partial charge in [0.1, 0.15) is 42.7 Å². The SMILES string of the molecule is CC1O[C@@H](OC2[C@H](C)CCC[C@H]2O[C@@H]2OC(CO)[C@H](O)C3O[C@@H](C(=O)O)[C@H](CO)CCCOC32)[C@@H](O)C(O)[C@@H]1O. The van der Waals surface area contributed by atoms with Gasteiger partial charge in [0, 0.05) is 19.1 Å². The molecule has 232 valence electrons. The minimum Gasteiger partial charge on any atom is -0.479 e. The first-order chi connectivity index (χ1) is 19.1. The van der Waals surface area contributed by atoms with Gasteiger partial charge in [-0.1, -0.05) is 13.3 Å². The largest absolute Gasteiger partial charge is 0.479 e. The van der Waals surface area contributed by atoms with Crippen LogP contribution in [0.2, 0.25) is 0 Å². The molecule has 7 N–H and O–H groups in total. The zero-order valence-electron chi connectivity index (χ0n) is 22.8. The van der Waals surface area contributed by atoms with Gasteiger partial charge in [-0.3, -0.25) is 0 Å². The third-order valence-electron chi connectivity index (χ3n) is 8.52. The summed E-state index contributed by atoms with van der Waals surface area (Å²) < 4.78 is 36.0. The van der Waals surface area contributed by atoms with E-state index in [1.54, 1.807) is 6.92 Å². The third kappa shape index (κ3) is 6.79. The van der Waals surface area contributed by atoms with Crippen molar-refractivity contribution >= 4 is 5.97 Å². The Kier molecular flexibility index (Phi) is 11.1. The predicted molar refractivity (Wildman–Crippen MR) is 133 cm³/mol. The number of hydrogen-bond donors (Lipinski definition) is 7. The Bertz CT molecular complexity index is 816. The highest BCUT2D eigenvalue weighted by atomic mass is 16.7. The third-order valence-corrected chi connectivity index (χ3v) is 8.52. The zero-order valence-corrected chi connectivity index (χ0v) is 22.8. The van der Waals surface area contributed by atoms with E-state index >= 15 is 0 Å². The molecule has 3 heterocycles. The molecule has 14 heteroatoms. The van der Waals surface area contributed by atoms with Gasteiger partial charge < -0.3 is 64.2 Å². The Labute approximate surface area is 232 Å². The van der Waals surface area contributed by atoms with Gasteiger partial charge in [-0.05, 0) is 38.5 Å². The molecule has 0 amide bonds. The van der Waals surface area contributed by atoms with Gasteiger partial charge in [-0.2, -0.15) is 0 Å². The second-order valence-electron chi connectivity index (χ2n) is 11.4. The summed E-state index contributed by atoms with van der Waals surface area (Å²) in [4.78, 5) is 12.0. The number of fused-ring (bicyclic) bond motifs is 1. The number of aliphatic hydroxyl groups is 6. The summed E-state index contributed by atoms with van der Waals surface area (Å²) in [5.41, 5.74) is 0. The van der Waals surface area contributed by atoms with E-state index in [1.807, 2.05) is 6.92 Å². The molecule has 15 atom stereocenters. The summed E-state index contributed by atoms with van der Waals surface area (Å²) in [6, 6.07) is 0. The fourth-order valence-electron chi connectivity index (χ4n) is 6.08. The second kappa shape index (κ2) is 14.0. The monoisotopic (exact) mass is 580 g/mol. The zero-order chi connectivity index (χ0) is 29.1. The highest BCUT2D eigenvalue weighted by molar-refractivity contribution is 5.72. The molecule has 1 saturated carbocycles. The first-order valence-corrected chi connectivity index (χ1v) is 14.1. The molecular weight excluding hydrogens is 536 g/mol. The van der Waals surface area contributed by atoms with Gasteiger partial charge in [-0.25, -0.2) is 4.79 Å². The maximum absolute atomic E-state index is 12.0. The van der Waals surface area contributed by atoms with Crippen LogP contribution in [0.3, 0.4) is 0 Å². The molecule has 40 heavy (non-hydrogen) atoms. The summed E-state index contributed by atoms with van der Waals surface area (Å²) >= 11 is 0. The van der Waals surface area contributed by atoms with Crippen LogP contribution < -0.4 is 0 Å². The molecule has 6 unspecified atom stereocenters. The Morgan fingerprint density at radius 3 is 2.23 bits per heavy atom. The lowest BCUT2D eigenvalue weighted by Gasteiger charge is -2.47. The average Bonchev–Trinajstić information content (AvgIpc) is 3.02. The molecule has 0 aromatic rings. The summed E-state index contributed by atoms with van der Waals surface area (Å²) in [5, 5.41) is 71.3. The summed E-state index contributed by atoms with van der Waals surface area (Å²) in [6.45, 7) is 2.64. The van der Waals surface area contributed by atoms with Crippen LogP contribution in [0.15, 0.2) is 0 Å². The summed E-state index contributed by atoms with van der Waals surface area (Å²) in [5.74, 6) is -2.08. The van der Waals surface area contributed by atoms with Gasteiger partial charge in [0.25, 0.3) is 0 Å². The Hall–Kier alpha value is -1.01. The van der Waals surface area contributed by atoms with E-state index in [-0.39, 0.29) is 12.5 Å². The molecule has 4 fully saturated rings. The number of carbonyl (C=O) groups is 1. The minimum absolute atomic E-state index is 0.0631. The number of carboxylic acid groups (broad SMARTS) is 1. The molecule has 3 saturated heterocycles. The van der Waals surface area contributed by atoms with Gasteiger partial charge in [0.2, 0.25) is 0 Å². The van der Waals surface area contributed by atoms with Gasteiger partial charge >= 0.3 is 5.97 Å². The standard InChI is InChI=1S/C26H44O14/c1-11-5-3-7-14(20(11)40-25-19(32)18(31)16(29)12(2)36-25)37-26-23-22(17(30)15(10-28)38-26)39-21(24(33)34)13(9-27)6-4-8-35-23/h11-23,25-32H,3-10H2,1-2H3,(H,33,34)/t11-,12?,13+,14-,15?,16-,17+,18?,19+,20?,21-,22?,23?,25+,26-/m1/s1. The number of rotatable bonds is 7. The van der Waals surface area contributed by atoms with Crippen LogP contribution in [0.25, 0.3) is 0 Å². The molecule has 0 aromatic carbocycles. The molecule has 14 nitrogen and oxygen atoms in total. The number of aliphatic carboxylic acids is 1. The summed E-state index contributed by atoms with van der Waals surface area (Å²) in [6.07, 6.45) is -12.2. The van der Waals surface area contributed by atoms with Crippen molar-refractivity contribution < 1.29 is 69.0 Å². The highest BCUT2D eigenvalue weighted by Crippen LogP contribution is 2.37. The molecule has 0 bridgehead atoms. The van der Waals surface area contributed by atoms with Crippen LogP contribution >= 0.6 is 0 Å². The lowest BCUT2D eigenvalue weighted by Crippen LogP contribution is -2.63. The summed E-state index contributed by atoms with van der Waals surface area (Å²) in [7, 11) is 0. The average molecular weight is 581 g/mol. The number of hydrogen-bond acceptors (Lipinski definition) is 13. The lowest BCUT2D eigenvalue weighted by atomic mass is 9.85. The van der Waals surface area contributed by atoms with Gasteiger partial charge in [0.05, 0.1) is 24.9 Å². The fourth-order valence-corrected chi connectivity index (χ4v) is 6.08. The van der Waals surface area contributed by atoms with Crippen LogP contribution in [0.4, 0.5) is 0 Å². The van der Waals surface area contributed by atoms with Gasteiger partial charge in [-0.15, -0.1) is 0 Å². The van der Waals surface area contributed by atoms with E-state index in [0.717, 1.165) is 12.8 Å². The molecule has 0 spiro atoms.